The number of carbonyl (C=O) groups excluding carboxylic acids is 1. The van der Waals surface area contributed by atoms with E-state index in [-0.39, 0.29) is 6.09 Å². The maximum Gasteiger partial charge on any atom is 0.410 e. The molecule has 0 spiro atoms. The second kappa shape index (κ2) is 7.52. The van der Waals surface area contributed by atoms with Crippen LogP contribution in [0.25, 0.3) is 0 Å². The summed E-state index contributed by atoms with van der Waals surface area (Å²) < 4.78 is 5.45. The first-order chi connectivity index (χ1) is 9.76. The fourth-order valence-corrected chi connectivity index (χ4v) is 2.46. The molecule has 0 bridgehead atoms. The Morgan fingerprint density at radius 1 is 1.38 bits per heavy atom. The van der Waals surface area contributed by atoms with Gasteiger partial charge in [-0.2, -0.15) is 0 Å². The highest BCUT2D eigenvalue weighted by Crippen LogP contribution is 2.19. The first kappa shape index (κ1) is 17.6. The lowest BCUT2D eigenvalue weighted by Crippen LogP contribution is -2.46. The highest BCUT2D eigenvalue weighted by molar-refractivity contribution is 5.77. The molecular weight excluding hydrogens is 268 g/mol. The molecular formula is C15H30N4O2. The van der Waals surface area contributed by atoms with Crippen molar-refractivity contribution in [3.63, 3.8) is 0 Å². The van der Waals surface area contributed by atoms with E-state index >= 15 is 0 Å². The zero-order chi connectivity index (χ0) is 16.0. The van der Waals surface area contributed by atoms with Gasteiger partial charge in [0.1, 0.15) is 5.60 Å². The summed E-state index contributed by atoms with van der Waals surface area (Å²) >= 11 is 0. The summed E-state index contributed by atoms with van der Waals surface area (Å²) in [6.07, 6.45) is 1.83. The standard InChI is InChI=1S/C15H30N4O2/c1-6-18(14(20)21-15(2,3)4)11-12-7-9-19(10-8-12)13(16)17-5/h12H,6-11H2,1-5H3,(H2,16,17). The molecule has 1 rings (SSSR count). The summed E-state index contributed by atoms with van der Waals surface area (Å²) in [4.78, 5) is 20.0. The fourth-order valence-electron chi connectivity index (χ4n) is 2.46. The van der Waals surface area contributed by atoms with Gasteiger partial charge < -0.3 is 20.3 Å². The second-order valence-corrected chi connectivity index (χ2v) is 6.53. The highest BCUT2D eigenvalue weighted by Gasteiger charge is 2.26. The van der Waals surface area contributed by atoms with Gasteiger partial charge in [-0.25, -0.2) is 4.79 Å². The minimum absolute atomic E-state index is 0.220. The van der Waals surface area contributed by atoms with Gasteiger partial charge in [-0.05, 0) is 46.5 Å². The molecule has 122 valence electrons. The van der Waals surface area contributed by atoms with Gasteiger partial charge in [0.05, 0.1) is 0 Å². The van der Waals surface area contributed by atoms with E-state index in [0.29, 0.717) is 18.4 Å². The van der Waals surface area contributed by atoms with E-state index in [2.05, 4.69) is 9.89 Å². The van der Waals surface area contributed by atoms with Crippen LogP contribution >= 0.6 is 0 Å². The molecule has 1 fully saturated rings. The quantitative estimate of drug-likeness (QED) is 0.638. The van der Waals surface area contributed by atoms with Gasteiger partial charge in [-0.1, -0.05) is 0 Å². The molecule has 6 nitrogen and oxygen atoms in total. The molecule has 0 radical (unpaired) electrons. The minimum Gasteiger partial charge on any atom is -0.444 e. The summed E-state index contributed by atoms with van der Waals surface area (Å²) in [5.41, 5.74) is 5.39. The number of carbonyl (C=O) groups is 1. The van der Waals surface area contributed by atoms with Gasteiger partial charge in [0.25, 0.3) is 0 Å². The van der Waals surface area contributed by atoms with Crippen LogP contribution in [0.2, 0.25) is 0 Å². The molecule has 0 aliphatic carbocycles. The van der Waals surface area contributed by atoms with Crippen LogP contribution in [0, 0.1) is 5.92 Å². The van der Waals surface area contributed by atoms with Crippen molar-refractivity contribution in [2.45, 2.75) is 46.1 Å². The highest BCUT2D eigenvalue weighted by atomic mass is 16.6. The van der Waals surface area contributed by atoms with E-state index < -0.39 is 5.60 Å². The third-order valence-electron chi connectivity index (χ3n) is 3.68. The molecule has 1 saturated heterocycles. The van der Waals surface area contributed by atoms with E-state index in [1.807, 2.05) is 27.7 Å². The molecule has 2 N–H and O–H groups in total. The minimum atomic E-state index is -0.445. The fraction of sp³-hybridized carbons (Fsp3) is 0.867. The Kier molecular flexibility index (Phi) is 6.30. The molecule has 1 heterocycles. The summed E-state index contributed by atoms with van der Waals surface area (Å²) in [5, 5.41) is 0. The number of rotatable bonds is 3. The van der Waals surface area contributed by atoms with Crippen molar-refractivity contribution >= 4 is 12.1 Å². The zero-order valence-corrected chi connectivity index (χ0v) is 14.1. The van der Waals surface area contributed by atoms with Gasteiger partial charge >= 0.3 is 6.09 Å². The lowest BCUT2D eigenvalue weighted by Gasteiger charge is -2.35. The summed E-state index contributed by atoms with van der Waals surface area (Å²) in [7, 11) is 1.71. The van der Waals surface area contributed by atoms with E-state index in [1.54, 1.807) is 11.9 Å². The van der Waals surface area contributed by atoms with Crippen LogP contribution in [0.3, 0.4) is 0 Å². The Bertz CT molecular complexity index is 368. The second-order valence-electron chi connectivity index (χ2n) is 6.53. The number of amides is 1. The molecule has 0 aromatic rings. The average Bonchev–Trinajstić information content (AvgIpc) is 2.42. The van der Waals surface area contributed by atoms with Gasteiger partial charge in [0, 0.05) is 33.2 Å². The van der Waals surface area contributed by atoms with Crippen molar-refractivity contribution in [2.75, 3.05) is 33.2 Å². The summed E-state index contributed by atoms with van der Waals surface area (Å²) in [6, 6.07) is 0. The van der Waals surface area contributed by atoms with Crippen LogP contribution in [-0.2, 0) is 4.74 Å². The third-order valence-corrected chi connectivity index (χ3v) is 3.68. The van der Waals surface area contributed by atoms with E-state index in [1.165, 1.54) is 0 Å². The van der Waals surface area contributed by atoms with Gasteiger partial charge in [-0.3, -0.25) is 4.99 Å². The molecule has 1 aliphatic heterocycles. The van der Waals surface area contributed by atoms with Crippen LogP contribution in [0.1, 0.15) is 40.5 Å². The molecule has 0 atom stereocenters. The Balaban J connectivity index is 2.47. The van der Waals surface area contributed by atoms with Crippen molar-refractivity contribution in [3.8, 4) is 0 Å². The van der Waals surface area contributed by atoms with Crippen LogP contribution < -0.4 is 5.73 Å². The number of nitrogens with zero attached hydrogens (tertiary/aromatic N) is 3. The predicted molar refractivity (Wildman–Crippen MR) is 85.3 cm³/mol. The first-order valence-corrected chi connectivity index (χ1v) is 7.72. The number of hydrogen-bond donors (Lipinski definition) is 1. The molecule has 6 heteroatoms. The van der Waals surface area contributed by atoms with Gasteiger partial charge in [-0.15, -0.1) is 0 Å². The third kappa shape index (κ3) is 5.81. The van der Waals surface area contributed by atoms with Crippen molar-refractivity contribution in [2.24, 2.45) is 16.6 Å². The normalized spacial score (nSPS) is 17.8. The van der Waals surface area contributed by atoms with Gasteiger partial charge in [0.2, 0.25) is 0 Å². The molecule has 1 aliphatic rings. The number of nitrogens with two attached hydrogens (primary N) is 1. The van der Waals surface area contributed by atoms with Crippen molar-refractivity contribution < 1.29 is 9.53 Å². The number of hydrogen-bond acceptors (Lipinski definition) is 3. The monoisotopic (exact) mass is 298 g/mol. The van der Waals surface area contributed by atoms with Crippen molar-refractivity contribution in [1.29, 1.82) is 0 Å². The Labute approximate surface area is 128 Å². The Morgan fingerprint density at radius 3 is 2.38 bits per heavy atom. The summed E-state index contributed by atoms with van der Waals surface area (Å²) in [5.74, 6) is 1.10. The number of aliphatic imine (C=N–C) groups is 1. The molecule has 1 amide bonds. The van der Waals surface area contributed by atoms with Crippen molar-refractivity contribution in [1.82, 2.24) is 9.80 Å². The maximum absolute atomic E-state index is 12.1. The van der Waals surface area contributed by atoms with E-state index in [9.17, 15) is 4.79 Å². The number of ether oxygens (including phenoxy) is 1. The van der Waals surface area contributed by atoms with Crippen LogP contribution in [0.15, 0.2) is 4.99 Å². The van der Waals surface area contributed by atoms with E-state index in [0.717, 1.165) is 32.5 Å². The summed E-state index contributed by atoms with van der Waals surface area (Å²) in [6.45, 7) is 10.9. The lowest BCUT2D eigenvalue weighted by molar-refractivity contribution is 0.0214. The van der Waals surface area contributed by atoms with Gasteiger partial charge in [0.15, 0.2) is 5.96 Å². The molecule has 21 heavy (non-hydrogen) atoms. The van der Waals surface area contributed by atoms with Crippen LogP contribution in [0.5, 0.6) is 0 Å². The predicted octanol–water partition coefficient (Wildman–Crippen LogP) is 1.90. The zero-order valence-electron chi connectivity index (χ0n) is 14.1. The molecule has 0 aromatic heterocycles. The van der Waals surface area contributed by atoms with Crippen LogP contribution in [-0.4, -0.2) is 60.7 Å². The van der Waals surface area contributed by atoms with E-state index in [4.69, 9.17) is 10.5 Å². The SMILES string of the molecule is CCN(CC1CCN(C(N)=NC)CC1)C(=O)OC(C)(C)C. The Morgan fingerprint density at radius 2 is 1.95 bits per heavy atom. The molecule has 0 unspecified atom stereocenters. The first-order valence-electron chi connectivity index (χ1n) is 7.72. The number of guanidine groups is 1. The largest absolute Gasteiger partial charge is 0.444 e. The smallest absolute Gasteiger partial charge is 0.410 e. The molecule has 0 aromatic carbocycles. The van der Waals surface area contributed by atoms with Crippen molar-refractivity contribution in [3.05, 3.63) is 0 Å². The average molecular weight is 298 g/mol. The topological polar surface area (TPSA) is 71.2 Å². The lowest BCUT2D eigenvalue weighted by atomic mass is 9.96. The Hall–Kier alpha value is -1.46. The number of piperidine rings is 1. The number of likely N-dealkylation sites (tertiary alicyclic amines) is 1. The maximum atomic E-state index is 12.1. The van der Waals surface area contributed by atoms with Crippen LogP contribution in [0.4, 0.5) is 4.79 Å². The molecule has 0 saturated carbocycles.